The van der Waals surface area contributed by atoms with E-state index in [1.807, 2.05) is 20.8 Å². The van der Waals surface area contributed by atoms with Crippen LogP contribution in [-0.2, 0) is 4.79 Å². The molecule has 2 aliphatic rings. The molecule has 0 amide bonds. The van der Waals surface area contributed by atoms with E-state index >= 15 is 0 Å². The zero-order chi connectivity index (χ0) is 12.2. The van der Waals surface area contributed by atoms with E-state index in [4.69, 9.17) is 0 Å². The van der Waals surface area contributed by atoms with E-state index in [0.717, 1.165) is 6.42 Å². The lowest BCUT2D eigenvalue weighted by atomic mass is 9.64. The van der Waals surface area contributed by atoms with Crippen molar-refractivity contribution in [1.29, 1.82) is 0 Å². The Bertz CT molecular complexity index is 315. The van der Waals surface area contributed by atoms with Crippen molar-refractivity contribution in [3.8, 4) is 0 Å². The predicted molar refractivity (Wildman–Crippen MR) is 59.9 cm³/mol. The highest BCUT2D eigenvalue weighted by Crippen LogP contribution is 2.57. The number of nitrogens with one attached hydrogen (secondary N) is 1. The van der Waals surface area contributed by atoms with Crippen molar-refractivity contribution in [3.05, 3.63) is 0 Å². The third kappa shape index (κ3) is 1.47. The number of carboxylic acid groups (broad SMARTS) is 1. The summed E-state index contributed by atoms with van der Waals surface area (Å²) in [6.07, 6.45) is 2.44. The summed E-state index contributed by atoms with van der Waals surface area (Å²) in [5, 5.41) is 21.9. The molecule has 0 radical (unpaired) electrons. The molecule has 1 aliphatic heterocycles. The summed E-state index contributed by atoms with van der Waals surface area (Å²) in [4.78, 5) is 11.6. The fourth-order valence-corrected chi connectivity index (χ4v) is 3.35. The molecule has 3 atom stereocenters. The summed E-state index contributed by atoms with van der Waals surface area (Å²) in [5.41, 5.74) is -1.02. The van der Waals surface area contributed by atoms with Crippen LogP contribution in [0.15, 0.2) is 0 Å². The number of aliphatic hydroxyl groups is 1. The van der Waals surface area contributed by atoms with Crippen LogP contribution in [0.25, 0.3) is 0 Å². The van der Waals surface area contributed by atoms with Crippen molar-refractivity contribution in [1.82, 2.24) is 5.32 Å². The van der Waals surface area contributed by atoms with Crippen molar-refractivity contribution in [2.75, 3.05) is 0 Å². The van der Waals surface area contributed by atoms with Crippen molar-refractivity contribution in [2.45, 2.75) is 58.2 Å². The number of hydrogen-bond donors (Lipinski definition) is 3. The highest BCUT2D eigenvalue weighted by molar-refractivity contribution is 5.76. The Morgan fingerprint density at radius 3 is 2.25 bits per heavy atom. The summed E-state index contributed by atoms with van der Waals surface area (Å²) in [5.74, 6) is -0.694. The minimum atomic E-state index is -0.694. The maximum atomic E-state index is 11.6. The predicted octanol–water partition coefficient (Wildman–Crippen LogP) is 1.34. The van der Waals surface area contributed by atoms with Gasteiger partial charge in [0, 0.05) is 12.0 Å². The number of carbonyl (C=O) groups is 1. The number of hydrogen-bond acceptors (Lipinski definition) is 3. The van der Waals surface area contributed by atoms with Crippen LogP contribution < -0.4 is 5.32 Å². The zero-order valence-electron chi connectivity index (χ0n) is 10.2. The van der Waals surface area contributed by atoms with Gasteiger partial charge in [0.2, 0.25) is 0 Å². The molecule has 4 heteroatoms. The van der Waals surface area contributed by atoms with E-state index in [1.54, 1.807) is 0 Å². The lowest BCUT2D eigenvalue weighted by Crippen LogP contribution is -2.63. The van der Waals surface area contributed by atoms with Gasteiger partial charge < -0.3 is 10.2 Å². The second-order valence-corrected chi connectivity index (χ2v) is 6.46. The van der Waals surface area contributed by atoms with E-state index in [2.05, 4.69) is 5.32 Å². The van der Waals surface area contributed by atoms with Gasteiger partial charge in [-0.15, -0.1) is 0 Å². The van der Waals surface area contributed by atoms with Gasteiger partial charge in [-0.3, -0.25) is 10.1 Å². The largest absolute Gasteiger partial charge is 0.481 e. The van der Waals surface area contributed by atoms with Crippen LogP contribution in [0, 0.1) is 10.8 Å². The highest BCUT2D eigenvalue weighted by Gasteiger charge is 2.61. The molecule has 3 unspecified atom stereocenters. The molecule has 2 fully saturated rings. The third-order valence-electron chi connectivity index (χ3n) is 4.57. The fourth-order valence-electron chi connectivity index (χ4n) is 3.35. The fraction of sp³-hybridized carbons (Fsp3) is 0.917. The summed E-state index contributed by atoms with van der Waals surface area (Å²) in [6, 6.07) is 0. The molecule has 16 heavy (non-hydrogen) atoms. The van der Waals surface area contributed by atoms with Crippen molar-refractivity contribution in [2.24, 2.45) is 10.8 Å². The van der Waals surface area contributed by atoms with Gasteiger partial charge in [-0.05, 0) is 24.7 Å². The van der Waals surface area contributed by atoms with Gasteiger partial charge in [0.25, 0.3) is 0 Å². The topological polar surface area (TPSA) is 69.6 Å². The number of aliphatic carboxylic acids is 1. The van der Waals surface area contributed by atoms with Crippen LogP contribution in [-0.4, -0.2) is 27.9 Å². The minimum Gasteiger partial charge on any atom is -0.481 e. The summed E-state index contributed by atoms with van der Waals surface area (Å²) in [6.45, 7) is 5.99. The molecule has 92 valence electrons. The second-order valence-electron chi connectivity index (χ2n) is 6.46. The number of carboxylic acids is 1. The Kier molecular flexibility index (Phi) is 2.37. The first-order valence-corrected chi connectivity index (χ1v) is 5.90. The first-order chi connectivity index (χ1) is 7.21. The zero-order valence-corrected chi connectivity index (χ0v) is 10.2. The summed E-state index contributed by atoms with van der Waals surface area (Å²) in [7, 11) is 0. The van der Waals surface area contributed by atoms with Crippen molar-refractivity contribution >= 4 is 5.97 Å². The van der Waals surface area contributed by atoms with Crippen LogP contribution in [0.1, 0.15) is 46.5 Å². The third-order valence-corrected chi connectivity index (χ3v) is 4.57. The Labute approximate surface area is 96.0 Å². The molecule has 1 spiro atoms. The molecule has 0 bridgehead atoms. The Morgan fingerprint density at radius 1 is 1.38 bits per heavy atom. The molecule has 4 nitrogen and oxygen atoms in total. The molecular formula is C12H21NO3. The first-order valence-electron chi connectivity index (χ1n) is 5.90. The molecule has 1 heterocycles. The van der Waals surface area contributed by atoms with Crippen LogP contribution in [0.5, 0.6) is 0 Å². The number of aliphatic hydroxyl groups excluding tert-OH is 1. The maximum absolute atomic E-state index is 11.6. The van der Waals surface area contributed by atoms with Crippen molar-refractivity contribution < 1.29 is 15.0 Å². The monoisotopic (exact) mass is 227 g/mol. The molecule has 0 aromatic carbocycles. The van der Waals surface area contributed by atoms with Gasteiger partial charge in [0.1, 0.15) is 6.23 Å². The SMILES string of the molecule is CC(C)(C)C1(C(=O)O)CCC2(CC(O)N2)C1. The van der Waals surface area contributed by atoms with Crippen LogP contribution in [0.2, 0.25) is 0 Å². The van der Waals surface area contributed by atoms with Gasteiger partial charge in [-0.25, -0.2) is 0 Å². The molecule has 1 saturated carbocycles. The quantitative estimate of drug-likeness (QED) is 0.632. The average Bonchev–Trinajstić information content (AvgIpc) is 2.44. The second kappa shape index (κ2) is 3.20. The molecule has 0 aromatic rings. The molecule has 0 aromatic heterocycles. The van der Waals surface area contributed by atoms with Crippen LogP contribution in [0.3, 0.4) is 0 Å². The van der Waals surface area contributed by atoms with E-state index in [0.29, 0.717) is 19.3 Å². The first kappa shape index (κ1) is 11.9. The number of rotatable bonds is 1. The smallest absolute Gasteiger partial charge is 0.310 e. The lowest BCUT2D eigenvalue weighted by molar-refractivity contribution is -0.157. The van der Waals surface area contributed by atoms with E-state index in [-0.39, 0.29) is 11.0 Å². The molecule has 1 saturated heterocycles. The minimum absolute atomic E-state index is 0.120. The average molecular weight is 227 g/mol. The highest BCUT2D eigenvalue weighted by atomic mass is 16.4. The lowest BCUT2D eigenvalue weighted by Gasteiger charge is -2.47. The molecule has 2 rings (SSSR count). The maximum Gasteiger partial charge on any atom is 0.310 e. The molecule has 1 aliphatic carbocycles. The van der Waals surface area contributed by atoms with E-state index in [1.165, 1.54) is 0 Å². The van der Waals surface area contributed by atoms with Gasteiger partial charge in [0.15, 0.2) is 0 Å². The molecular weight excluding hydrogens is 206 g/mol. The summed E-state index contributed by atoms with van der Waals surface area (Å²) >= 11 is 0. The van der Waals surface area contributed by atoms with E-state index in [9.17, 15) is 15.0 Å². The van der Waals surface area contributed by atoms with Gasteiger partial charge in [0.05, 0.1) is 5.41 Å². The van der Waals surface area contributed by atoms with Crippen molar-refractivity contribution in [3.63, 3.8) is 0 Å². The Balaban J connectivity index is 2.23. The normalized spacial score (nSPS) is 43.4. The van der Waals surface area contributed by atoms with Gasteiger partial charge in [-0.2, -0.15) is 0 Å². The van der Waals surface area contributed by atoms with E-state index < -0.39 is 17.6 Å². The Morgan fingerprint density at radius 2 is 1.94 bits per heavy atom. The van der Waals surface area contributed by atoms with Crippen LogP contribution >= 0.6 is 0 Å². The molecule has 3 N–H and O–H groups in total. The van der Waals surface area contributed by atoms with Gasteiger partial charge >= 0.3 is 5.97 Å². The van der Waals surface area contributed by atoms with Crippen LogP contribution in [0.4, 0.5) is 0 Å². The standard InChI is InChI=1S/C12H21NO3/c1-10(2,3)12(9(15)16)5-4-11(7-12)6-8(14)13-11/h8,13-14H,4-7H2,1-3H3,(H,15,16). The summed E-state index contributed by atoms with van der Waals surface area (Å²) < 4.78 is 0. The van der Waals surface area contributed by atoms with Gasteiger partial charge in [-0.1, -0.05) is 20.8 Å². The Hall–Kier alpha value is -0.610.